The predicted octanol–water partition coefficient (Wildman–Crippen LogP) is 4.41. The quantitative estimate of drug-likeness (QED) is 0.618. The number of amides is 1. The Bertz CT molecular complexity index is 1020. The second-order valence-electron chi connectivity index (χ2n) is 7.60. The number of hydrogen-bond acceptors (Lipinski definition) is 4. The van der Waals surface area contributed by atoms with Crippen molar-refractivity contribution >= 4 is 37.5 Å². The van der Waals surface area contributed by atoms with Gasteiger partial charge in [-0.15, -0.1) is 0 Å². The summed E-state index contributed by atoms with van der Waals surface area (Å²) >= 11 is 3.35. The van der Waals surface area contributed by atoms with Crippen molar-refractivity contribution in [1.82, 2.24) is 5.32 Å². The molecule has 162 valence electrons. The van der Waals surface area contributed by atoms with Crippen LogP contribution in [0.3, 0.4) is 0 Å². The molecular weight excluding hydrogens is 468 g/mol. The van der Waals surface area contributed by atoms with Crippen LogP contribution in [0.1, 0.15) is 44.7 Å². The van der Waals surface area contributed by atoms with E-state index in [9.17, 15) is 13.2 Å². The standard InChI is InChI=1S/C22H27BrN2O4S/c1-4-22(5-2)14-19(18-11-6-7-12-20(18)29-22)24-21(26)15-25(30(3,27)28)17-10-8-9-16(23)13-17/h6-13,19H,4-5,14-15H2,1-3H3,(H,24,26)/t19-/m0/s1. The van der Waals surface area contributed by atoms with Gasteiger partial charge in [-0.2, -0.15) is 0 Å². The number of ether oxygens (including phenoxy) is 1. The molecule has 0 bridgehead atoms. The molecular formula is C22H27BrN2O4S. The first kappa shape index (κ1) is 22.6. The molecule has 0 unspecified atom stereocenters. The van der Waals surface area contributed by atoms with E-state index in [0.29, 0.717) is 12.1 Å². The summed E-state index contributed by atoms with van der Waals surface area (Å²) in [5.74, 6) is 0.410. The molecule has 0 saturated carbocycles. The first-order valence-corrected chi connectivity index (χ1v) is 12.6. The number of fused-ring (bicyclic) bond motifs is 1. The SMILES string of the molecule is CCC1(CC)C[C@H](NC(=O)CN(c2cccc(Br)c2)S(C)(=O)=O)c2ccccc2O1. The van der Waals surface area contributed by atoms with Crippen molar-refractivity contribution in [2.75, 3.05) is 17.1 Å². The number of rotatable bonds is 7. The maximum Gasteiger partial charge on any atom is 0.241 e. The molecule has 1 aliphatic rings. The number of hydrogen-bond donors (Lipinski definition) is 1. The minimum absolute atomic E-state index is 0.244. The lowest BCUT2D eigenvalue weighted by atomic mass is 9.83. The van der Waals surface area contributed by atoms with Crippen LogP contribution in [0.2, 0.25) is 0 Å². The maximum atomic E-state index is 13.0. The Morgan fingerprint density at radius 2 is 1.90 bits per heavy atom. The summed E-state index contributed by atoms with van der Waals surface area (Å²) in [5.41, 5.74) is 0.996. The van der Waals surface area contributed by atoms with Crippen molar-refractivity contribution in [1.29, 1.82) is 0 Å². The molecule has 1 aliphatic heterocycles. The van der Waals surface area contributed by atoms with Gasteiger partial charge < -0.3 is 10.1 Å². The molecule has 0 aliphatic carbocycles. The first-order chi connectivity index (χ1) is 14.2. The fourth-order valence-corrected chi connectivity index (χ4v) is 5.07. The summed E-state index contributed by atoms with van der Waals surface area (Å²) in [6.07, 6.45) is 3.37. The zero-order chi connectivity index (χ0) is 21.9. The minimum Gasteiger partial charge on any atom is -0.487 e. The number of sulfonamides is 1. The summed E-state index contributed by atoms with van der Waals surface area (Å²) in [4.78, 5) is 13.0. The molecule has 3 rings (SSSR count). The summed E-state index contributed by atoms with van der Waals surface area (Å²) in [5, 5.41) is 3.05. The topological polar surface area (TPSA) is 75.7 Å². The van der Waals surface area contributed by atoms with Gasteiger partial charge in [0.15, 0.2) is 0 Å². The highest BCUT2D eigenvalue weighted by Crippen LogP contribution is 2.42. The fraction of sp³-hybridized carbons (Fsp3) is 0.409. The number of halogens is 1. The van der Waals surface area contributed by atoms with Crippen LogP contribution in [0.5, 0.6) is 5.75 Å². The van der Waals surface area contributed by atoms with E-state index < -0.39 is 10.0 Å². The van der Waals surface area contributed by atoms with Gasteiger partial charge in [-0.05, 0) is 37.1 Å². The Labute approximate surface area is 186 Å². The second kappa shape index (κ2) is 8.98. The highest BCUT2D eigenvalue weighted by atomic mass is 79.9. The van der Waals surface area contributed by atoms with Crippen LogP contribution in [0.25, 0.3) is 0 Å². The van der Waals surface area contributed by atoms with Crippen molar-refractivity contribution in [3.8, 4) is 5.75 Å². The Morgan fingerprint density at radius 1 is 1.20 bits per heavy atom. The number of anilines is 1. The molecule has 2 aromatic rings. The van der Waals surface area contributed by atoms with Gasteiger partial charge in [0, 0.05) is 16.5 Å². The molecule has 0 radical (unpaired) electrons. The Kier molecular flexibility index (Phi) is 6.77. The largest absolute Gasteiger partial charge is 0.487 e. The Hall–Kier alpha value is -2.06. The van der Waals surface area contributed by atoms with Gasteiger partial charge in [0.25, 0.3) is 0 Å². The molecule has 6 nitrogen and oxygen atoms in total. The van der Waals surface area contributed by atoms with Gasteiger partial charge in [-0.3, -0.25) is 9.10 Å². The lowest BCUT2D eigenvalue weighted by Gasteiger charge is -2.41. The van der Waals surface area contributed by atoms with E-state index >= 15 is 0 Å². The average molecular weight is 495 g/mol. The summed E-state index contributed by atoms with van der Waals surface area (Å²) < 4.78 is 32.9. The molecule has 1 N–H and O–H groups in total. The van der Waals surface area contributed by atoms with E-state index in [4.69, 9.17) is 4.74 Å². The lowest BCUT2D eigenvalue weighted by Crippen LogP contribution is -2.47. The van der Waals surface area contributed by atoms with Gasteiger partial charge in [-0.25, -0.2) is 8.42 Å². The second-order valence-corrected chi connectivity index (χ2v) is 10.4. The van der Waals surface area contributed by atoms with E-state index in [2.05, 4.69) is 35.1 Å². The van der Waals surface area contributed by atoms with Crippen molar-refractivity contribution in [3.05, 3.63) is 58.6 Å². The van der Waals surface area contributed by atoms with Crippen LogP contribution in [-0.4, -0.2) is 32.7 Å². The zero-order valence-corrected chi connectivity index (χ0v) is 19.8. The Morgan fingerprint density at radius 3 is 2.53 bits per heavy atom. The number of nitrogens with zero attached hydrogens (tertiary/aromatic N) is 1. The number of benzene rings is 2. The monoisotopic (exact) mass is 494 g/mol. The third-order valence-electron chi connectivity index (χ3n) is 5.60. The predicted molar refractivity (Wildman–Crippen MR) is 122 cm³/mol. The van der Waals surface area contributed by atoms with E-state index in [-0.39, 0.29) is 24.1 Å². The average Bonchev–Trinajstić information content (AvgIpc) is 2.71. The van der Waals surface area contributed by atoms with Gasteiger partial charge in [0.1, 0.15) is 17.9 Å². The molecule has 0 spiro atoms. The van der Waals surface area contributed by atoms with Gasteiger partial charge >= 0.3 is 0 Å². The Balaban J connectivity index is 1.85. The van der Waals surface area contributed by atoms with Gasteiger partial charge in [-0.1, -0.05) is 54.0 Å². The van der Waals surface area contributed by atoms with Crippen molar-refractivity contribution in [2.24, 2.45) is 0 Å². The number of para-hydroxylation sites is 1. The van der Waals surface area contributed by atoms with E-state index in [0.717, 1.165) is 39.2 Å². The highest BCUT2D eigenvalue weighted by molar-refractivity contribution is 9.10. The third-order valence-corrected chi connectivity index (χ3v) is 7.24. The number of carbonyl (C=O) groups excluding carboxylic acids is 1. The van der Waals surface area contributed by atoms with Crippen molar-refractivity contribution < 1.29 is 17.9 Å². The highest BCUT2D eigenvalue weighted by Gasteiger charge is 2.39. The third kappa shape index (κ3) is 4.98. The van der Waals surface area contributed by atoms with Crippen LogP contribution in [0.15, 0.2) is 53.0 Å². The van der Waals surface area contributed by atoms with Crippen LogP contribution < -0.4 is 14.4 Å². The van der Waals surface area contributed by atoms with E-state index in [1.807, 2.05) is 24.3 Å². The molecule has 1 amide bonds. The van der Waals surface area contributed by atoms with E-state index in [1.165, 1.54) is 0 Å². The van der Waals surface area contributed by atoms with Crippen LogP contribution >= 0.6 is 15.9 Å². The smallest absolute Gasteiger partial charge is 0.241 e. The molecule has 0 fully saturated rings. The maximum absolute atomic E-state index is 13.0. The lowest BCUT2D eigenvalue weighted by molar-refractivity contribution is -0.121. The zero-order valence-electron chi connectivity index (χ0n) is 17.4. The van der Waals surface area contributed by atoms with Gasteiger partial charge in [0.05, 0.1) is 18.0 Å². The molecule has 1 heterocycles. The molecule has 0 aromatic heterocycles. The summed E-state index contributed by atoms with van der Waals surface area (Å²) in [6.45, 7) is 3.87. The van der Waals surface area contributed by atoms with Gasteiger partial charge in [0.2, 0.25) is 15.9 Å². The summed E-state index contributed by atoms with van der Waals surface area (Å²) in [6, 6.07) is 14.3. The summed E-state index contributed by atoms with van der Waals surface area (Å²) in [7, 11) is -3.64. The first-order valence-electron chi connectivity index (χ1n) is 9.98. The molecule has 1 atom stereocenters. The van der Waals surface area contributed by atoms with Crippen molar-refractivity contribution in [3.63, 3.8) is 0 Å². The number of carbonyl (C=O) groups is 1. The fourth-order valence-electron chi connectivity index (χ4n) is 3.83. The molecule has 2 aromatic carbocycles. The minimum atomic E-state index is -3.64. The molecule has 8 heteroatoms. The van der Waals surface area contributed by atoms with E-state index in [1.54, 1.807) is 24.3 Å². The van der Waals surface area contributed by atoms with Crippen LogP contribution in [-0.2, 0) is 14.8 Å². The van der Waals surface area contributed by atoms with Crippen LogP contribution in [0.4, 0.5) is 5.69 Å². The van der Waals surface area contributed by atoms with Crippen molar-refractivity contribution in [2.45, 2.75) is 44.8 Å². The molecule has 30 heavy (non-hydrogen) atoms. The van der Waals surface area contributed by atoms with Crippen LogP contribution in [0, 0.1) is 0 Å². The number of nitrogens with one attached hydrogen (secondary N) is 1. The molecule has 0 saturated heterocycles. The normalized spacial score (nSPS) is 17.5.